The fraction of sp³-hybridized carbons (Fsp3) is 0.357. The van der Waals surface area contributed by atoms with E-state index in [-0.39, 0.29) is 17.5 Å². The summed E-state index contributed by atoms with van der Waals surface area (Å²) in [6.07, 6.45) is 3.15. The van der Waals surface area contributed by atoms with Crippen LogP contribution in [0.5, 0.6) is 0 Å². The molecule has 1 aliphatic rings. The van der Waals surface area contributed by atoms with E-state index in [0.29, 0.717) is 12.5 Å². The number of halogens is 1. The highest BCUT2D eigenvalue weighted by Crippen LogP contribution is 2.22. The summed E-state index contributed by atoms with van der Waals surface area (Å²) in [4.78, 5) is 17.8. The molecule has 1 N–H and O–H groups in total. The topological polar surface area (TPSA) is 61.9 Å². The lowest BCUT2D eigenvalue weighted by molar-refractivity contribution is 0.0775. The fourth-order valence-electron chi connectivity index (χ4n) is 2.60. The summed E-state index contributed by atoms with van der Waals surface area (Å²) < 4.78 is 12.9. The number of hydrogen-bond acceptors (Lipinski definition) is 3. The van der Waals surface area contributed by atoms with Gasteiger partial charge in [0.15, 0.2) is 0 Å². The highest BCUT2D eigenvalue weighted by atomic mass is 19.1. The van der Waals surface area contributed by atoms with Crippen molar-refractivity contribution in [2.75, 3.05) is 13.1 Å². The number of H-pyrrole nitrogens is 1. The SMILES string of the molecule is O=C(c1ncn[nH]1)N1CCC(Cc2ccc(F)cc2)C1. The van der Waals surface area contributed by atoms with Crippen LogP contribution in [0, 0.1) is 11.7 Å². The van der Waals surface area contributed by atoms with Gasteiger partial charge in [0, 0.05) is 13.1 Å². The molecule has 1 aromatic heterocycles. The number of nitrogens with zero attached hydrogens (tertiary/aromatic N) is 3. The largest absolute Gasteiger partial charge is 0.336 e. The summed E-state index contributed by atoms with van der Waals surface area (Å²) in [5, 5.41) is 6.28. The molecule has 0 bridgehead atoms. The van der Waals surface area contributed by atoms with E-state index < -0.39 is 0 Å². The number of likely N-dealkylation sites (tertiary alicyclic amines) is 1. The van der Waals surface area contributed by atoms with Crippen molar-refractivity contribution in [2.45, 2.75) is 12.8 Å². The van der Waals surface area contributed by atoms with Gasteiger partial charge in [-0.15, -0.1) is 0 Å². The molecule has 1 aliphatic heterocycles. The Bertz CT molecular complexity index is 582. The van der Waals surface area contributed by atoms with Gasteiger partial charge in [-0.25, -0.2) is 9.37 Å². The quantitative estimate of drug-likeness (QED) is 0.925. The van der Waals surface area contributed by atoms with Crippen molar-refractivity contribution in [3.05, 3.63) is 47.8 Å². The minimum absolute atomic E-state index is 0.107. The summed E-state index contributed by atoms with van der Waals surface area (Å²) in [6, 6.07) is 6.55. The standard InChI is InChI=1S/C14H15FN4O/c15-12-3-1-10(2-4-12)7-11-5-6-19(8-11)14(20)13-16-9-17-18-13/h1-4,9,11H,5-8H2,(H,16,17,18). The van der Waals surface area contributed by atoms with Crippen LogP contribution in [0.15, 0.2) is 30.6 Å². The zero-order chi connectivity index (χ0) is 13.9. The van der Waals surface area contributed by atoms with Gasteiger partial charge < -0.3 is 4.90 Å². The maximum atomic E-state index is 12.9. The predicted molar refractivity (Wildman–Crippen MR) is 70.5 cm³/mol. The van der Waals surface area contributed by atoms with Gasteiger partial charge >= 0.3 is 0 Å². The lowest BCUT2D eigenvalue weighted by Crippen LogP contribution is -2.29. The van der Waals surface area contributed by atoms with Crippen molar-refractivity contribution >= 4 is 5.91 Å². The first-order valence-electron chi connectivity index (χ1n) is 6.61. The average Bonchev–Trinajstić information content (AvgIpc) is 3.12. The first-order valence-corrected chi connectivity index (χ1v) is 6.61. The Labute approximate surface area is 115 Å². The second kappa shape index (κ2) is 5.40. The summed E-state index contributed by atoms with van der Waals surface area (Å²) in [5.41, 5.74) is 1.10. The van der Waals surface area contributed by atoms with Crippen molar-refractivity contribution in [1.82, 2.24) is 20.1 Å². The summed E-state index contributed by atoms with van der Waals surface area (Å²) in [5.74, 6) is 0.367. The number of amides is 1. The number of aromatic nitrogens is 3. The third-order valence-electron chi connectivity index (χ3n) is 3.63. The predicted octanol–water partition coefficient (Wildman–Crippen LogP) is 1.65. The molecule has 1 fully saturated rings. The summed E-state index contributed by atoms with van der Waals surface area (Å²) >= 11 is 0. The molecule has 20 heavy (non-hydrogen) atoms. The molecule has 0 radical (unpaired) electrons. The second-order valence-corrected chi connectivity index (χ2v) is 5.07. The molecule has 2 heterocycles. The van der Waals surface area contributed by atoms with E-state index in [1.54, 1.807) is 17.0 Å². The lowest BCUT2D eigenvalue weighted by Gasteiger charge is -2.14. The summed E-state index contributed by atoms with van der Waals surface area (Å²) in [6.45, 7) is 1.43. The van der Waals surface area contributed by atoms with E-state index in [2.05, 4.69) is 15.2 Å². The van der Waals surface area contributed by atoms with Crippen LogP contribution in [-0.2, 0) is 6.42 Å². The van der Waals surface area contributed by atoms with Gasteiger partial charge in [-0.2, -0.15) is 5.10 Å². The van der Waals surface area contributed by atoms with E-state index >= 15 is 0 Å². The zero-order valence-electron chi connectivity index (χ0n) is 10.9. The van der Waals surface area contributed by atoms with Gasteiger partial charge in [0.25, 0.3) is 5.91 Å². The van der Waals surface area contributed by atoms with Gasteiger partial charge in [-0.05, 0) is 36.5 Å². The Morgan fingerprint density at radius 2 is 2.20 bits per heavy atom. The smallest absolute Gasteiger partial charge is 0.291 e. The normalized spacial score (nSPS) is 18.4. The highest BCUT2D eigenvalue weighted by molar-refractivity contribution is 5.90. The Hall–Kier alpha value is -2.24. The first kappa shape index (κ1) is 12.8. The monoisotopic (exact) mass is 274 g/mol. The first-order chi connectivity index (χ1) is 9.72. The van der Waals surface area contributed by atoms with Crippen LogP contribution in [0.3, 0.4) is 0 Å². The molecule has 0 aliphatic carbocycles. The Kier molecular flexibility index (Phi) is 3.45. The van der Waals surface area contributed by atoms with Crippen LogP contribution in [-0.4, -0.2) is 39.1 Å². The molecule has 1 amide bonds. The lowest BCUT2D eigenvalue weighted by atomic mass is 9.99. The molecule has 5 nitrogen and oxygen atoms in total. The van der Waals surface area contributed by atoms with Crippen LogP contribution in [0.1, 0.15) is 22.6 Å². The minimum atomic E-state index is -0.220. The number of carbonyl (C=O) groups is 1. The van der Waals surface area contributed by atoms with Crippen LogP contribution >= 0.6 is 0 Å². The molecule has 3 rings (SSSR count). The van der Waals surface area contributed by atoms with Crippen LogP contribution in [0.4, 0.5) is 4.39 Å². The number of rotatable bonds is 3. The third-order valence-corrected chi connectivity index (χ3v) is 3.63. The van der Waals surface area contributed by atoms with Gasteiger partial charge in [0.05, 0.1) is 0 Å². The van der Waals surface area contributed by atoms with Crippen LogP contribution in [0.25, 0.3) is 0 Å². The number of carbonyl (C=O) groups excluding carboxylic acids is 1. The zero-order valence-corrected chi connectivity index (χ0v) is 10.9. The molecule has 1 unspecified atom stereocenters. The molecule has 0 spiro atoms. The van der Waals surface area contributed by atoms with E-state index in [9.17, 15) is 9.18 Å². The number of hydrogen-bond donors (Lipinski definition) is 1. The third kappa shape index (κ3) is 2.68. The van der Waals surface area contributed by atoms with E-state index in [4.69, 9.17) is 0 Å². The van der Waals surface area contributed by atoms with Gasteiger partial charge in [-0.3, -0.25) is 9.89 Å². The average molecular weight is 274 g/mol. The van der Waals surface area contributed by atoms with Crippen molar-refractivity contribution in [1.29, 1.82) is 0 Å². The fourth-order valence-corrected chi connectivity index (χ4v) is 2.60. The molecular weight excluding hydrogens is 259 g/mol. The maximum Gasteiger partial charge on any atom is 0.291 e. The number of nitrogens with one attached hydrogen (secondary N) is 1. The van der Waals surface area contributed by atoms with E-state index in [1.807, 2.05) is 0 Å². The van der Waals surface area contributed by atoms with Crippen molar-refractivity contribution in [3.63, 3.8) is 0 Å². The van der Waals surface area contributed by atoms with Crippen molar-refractivity contribution in [3.8, 4) is 0 Å². The van der Waals surface area contributed by atoms with Gasteiger partial charge in [0.1, 0.15) is 12.1 Å². The highest BCUT2D eigenvalue weighted by Gasteiger charge is 2.28. The van der Waals surface area contributed by atoms with E-state index in [0.717, 1.165) is 24.9 Å². The summed E-state index contributed by atoms with van der Waals surface area (Å²) in [7, 11) is 0. The molecule has 0 saturated carbocycles. The maximum absolute atomic E-state index is 12.9. The van der Waals surface area contributed by atoms with Crippen molar-refractivity contribution in [2.24, 2.45) is 5.92 Å². The molecular formula is C14H15FN4O. The second-order valence-electron chi connectivity index (χ2n) is 5.07. The minimum Gasteiger partial charge on any atom is -0.336 e. The molecule has 1 aromatic carbocycles. The van der Waals surface area contributed by atoms with Crippen molar-refractivity contribution < 1.29 is 9.18 Å². The van der Waals surface area contributed by atoms with Crippen LogP contribution < -0.4 is 0 Å². The molecule has 2 aromatic rings. The Morgan fingerprint density at radius 1 is 1.40 bits per heavy atom. The van der Waals surface area contributed by atoms with Crippen LogP contribution in [0.2, 0.25) is 0 Å². The molecule has 1 atom stereocenters. The number of benzene rings is 1. The van der Waals surface area contributed by atoms with Gasteiger partial charge in [-0.1, -0.05) is 12.1 Å². The van der Waals surface area contributed by atoms with E-state index in [1.165, 1.54) is 18.5 Å². The Morgan fingerprint density at radius 3 is 2.90 bits per heavy atom. The number of aromatic amines is 1. The molecule has 6 heteroatoms. The molecule has 1 saturated heterocycles. The molecule has 104 valence electrons. The van der Waals surface area contributed by atoms with Gasteiger partial charge in [0.2, 0.25) is 5.82 Å². The Balaban J connectivity index is 1.59.